The first-order valence-corrected chi connectivity index (χ1v) is 4.04. The van der Waals surface area contributed by atoms with E-state index >= 15 is 0 Å². The second-order valence-electron chi connectivity index (χ2n) is 2.12. The van der Waals surface area contributed by atoms with Crippen LogP contribution in [0.4, 0.5) is 0 Å². The molecule has 0 fully saturated rings. The van der Waals surface area contributed by atoms with Gasteiger partial charge in [0.15, 0.2) is 0 Å². The Balaban J connectivity index is 4.21. The fourth-order valence-corrected chi connectivity index (χ4v) is 0.868. The highest BCUT2D eigenvalue weighted by atomic mass is 32.2. The first-order chi connectivity index (χ1) is 4.09. The summed E-state index contributed by atoms with van der Waals surface area (Å²) in [5.41, 5.74) is 1.98. The van der Waals surface area contributed by atoms with E-state index in [2.05, 4.69) is 0 Å². The highest BCUT2D eigenvalue weighted by molar-refractivity contribution is 8.13. The van der Waals surface area contributed by atoms with Crippen molar-refractivity contribution in [3.8, 4) is 0 Å². The summed E-state index contributed by atoms with van der Waals surface area (Å²) in [6, 6.07) is 0. The number of hydrogen-bond acceptors (Lipinski definition) is 2. The van der Waals surface area contributed by atoms with Gasteiger partial charge in [-0.05, 0) is 27.0 Å². The van der Waals surface area contributed by atoms with Crippen LogP contribution < -0.4 is 0 Å². The van der Waals surface area contributed by atoms with E-state index < -0.39 is 0 Å². The summed E-state index contributed by atoms with van der Waals surface area (Å²) in [7, 11) is 0. The zero-order valence-corrected chi connectivity index (χ0v) is 7.13. The lowest BCUT2D eigenvalue weighted by atomic mass is 10.2. The number of thioether (sulfide) groups is 1. The zero-order valence-electron chi connectivity index (χ0n) is 6.32. The van der Waals surface area contributed by atoms with E-state index in [1.54, 1.807) is 6.26 Å². The molecule has 0 aromatic carbocycles. The molecule has 2 heteroatoms. The van der Waals surface area contributed by atoms with Gasteiger partial charge in [0.2, 0.25) is 5.12 Å². The van der Waals surface area contributed by atoms with Gasteiger partial charge < -0.3 is 0 Å². The molecule has 0 atom stereocenters. The van der Waals surface area contributed by atoms with Crippen molar-refractivity contribution in [3.05, 3.63) is 11.1 Å². The van der Waals surface area contributed by atoms with Gasteiger partial charge in [-0.25, -0.2) is 0 Å². The molecule has 0 rings (SSSR count). The van der Waals surface area contributed by atoms with E-state index in [1.165, 1.54) is 11.8 Å². The van der Waals surface area contributed by atoms with Crippen LogP contribution in [0.2, 0.25) is 0 Å². The summed E-state index contributed by atoms with van der Waals surface area (Å²) >= 11 is 1.26. The molecule has 0 aliphatic carbocycles. The van der Waals surface area contributed by atoms with Gasteiger partial charge in [-0.3, -0.25) is 4.79 Å². The van der Waals surface area contributed by atoms with E-state index in [1.807, 2.05) is 20.8 Å². The molecule has 0 saturated heterocycles. The molecule has 0 unspecified atom stereocenters. The molecular weight excluding hydrogens is 132 g/mol. The van der Waals surface area contributed by atoms with Crippen molar-refractivity contribution < 1.29 is 4.79 Å². The Morgan fingerprint density at radius 3 is 1.78 bits per heavy atom. The van der Waals surface area contributed by atoms with E-state index in [9.17, 15) is 4.79 Å². The van der Waals surface area contributed by atoms with Gasteiger partial charge >= 0.3 is 0 Å². The molecule has 0 aromatic rings. The third-order valence-electron chi connectivity index (χ3n) is 1.24. The Hall–Kier alpha value is -0.240. The minimum Gasteiger partial charge on any atom is -0.282 e. The molecule has 0 saturated carbocycles. The Bertz CT molecular complexity index is 143. The lowest BCUT2D eigenvalue weighted by molar-refractivity contribution is -0.107. The average molecular weight is 144 g/mol. The van der Waals surface area contributed by atoms with E-state index in [4.69, 9.17) is 0 Å². The molecular formula is C7H12OS. The van der Waals surface area contributed by atoms with Crippen LogP contribution in [0.15, 0.2) is 11.1 Å². The van der Waals surface area contributed by atoms with Crippen LogP contribution in [0.25, 0.3) is 0 Å². The molecule has 0 bridgehead atoms. The van der Waals surface area contributed by atoms with Crippen LogP contribution in [0, 0.1) is 0 Å². The van der Waals surface area contributed by atoms with Gasteiger partial charge in [-0.1, -0.05) is 17.3 Å². The molecule has 0 aromatic heterocycles. The number of carbonyl (C=O) groups excluding carboxylic acids is 1. The normalized spacial score (nSPS) is 8.89. The molecule has 0 N–H and O–H groups in total. The third-order valence-corrected chi connectivity index (χ3v) is 1.92. The van der Waals surface area contributed by atoms with Crippen LogP contribution in [0.1, 0.15) is 20.8 Å². The number of rotatable bonds is 1. The Morgan fingerprint density at radius 1 is 1.22 bits per heavy atom. The van der Waals surface area contributed by atoms with E-state index in [-0.39, 0.29) is 5.12 Å². The standard InChI is InChI=1S/C7H12OS/c1-5(2)6(3)7(8)9-4/h1-4H3. The van der Waals surface area contributed by atoms with Gasteiger partial charge in [0.05, 0.1) is 0 Å². The minimum atomic E-state index is 0.176. The molecule has 0 spiro atoms. The van der Waals surface area contributed by atoms with E-state index in [0.717, 1.165) is 11.1 Å². The summed E-state index contributed by atoms with van der Waals surface area (Å²) in [6.07, 6.45) is 1.80. The fraction of sp³-hybridized carbons (Fsp3) is 0.571. The van der Waals surface area contributed by atoms with Gasteiger partial charge in [-0.15, -0.1) is 0 Å². The molecule has 52 valence electrons. The predicted octanol–water partition coefficient (Wildman–Crippen LogP) is 2.23. The maximum Gasteiger partial charge on any atom is 0.214 e. The predicted molar refractivity (Wildman–Crippen MR) is 42.6 cm³/mol. The van der Waals surface area contributed by atoms with Crippen LogP contribution >= 0.6 is 11.8 Å². The highest BCUT2D eigenvalue weighted by Gasteiger charge is 2.01. The van der Waals surface area contributed by atoms with Crippen molar-refractivity contribution in [2.75, 3.05) is 6.26 Å². The molecule has 0 aliphatic rings. The van der Waals surface area contributed by atoms with Crippen LogP contribution in [0.3, 0.4) is 0 Å². The number of carbonyl (C=O) groups is 1. The Morgan fingerprint density at radius 2 is 1.67 bits per heavy atom. The van der Waals surface area contributed by atoms with Crippen molar-refractivity contribution in [3.63, 3.8) is 0 Å². The largest absolute Gasteiger partial charge is 0.282 e. The van der Waals surface area contributed by atoms with E-state index in [0.29, 0.717) is 0 Å². The summed E-state index contributed by atoms with van der Waals surface area (Å²) in [5.74, 6) is 0. The minimum absolute atomic E-state index is 0.176. The lowest BCUT2D eigenvalue weighted by Gasteiger charge is -1.97. The number of allylic oxidation sites excluding steroid dienone is 1. The molecule has 1 nitrogen and oxygen atoms in total. The topological polar surface area (TPSA) is 17.1 Å². The van der Waals surface area contributed by atoms with Crippen molar-refractivity contribution in [1.82, 2.24) is 0 Å². The van der Waals surface area contributed by atoms with Gasteiger partial charge in [0.25, 0.3) is 0 Å². The Labute approximate surface area is 60.5 Å². The molecule has 0 radical (unpaired) electrons. The van der Waals surface area contributed by atoms with Crippen LogP contribution in [0.5, 0.6) is 0 Å². The second-order valence-corrected chi connectivity index (χ2v) is 2.90. The third kappa shape index (κ3) is 2.70. The van der Waals surface area contributed by atoms with Crippen molar-refractivity contribution in [2.45, 2.75) is 20.8 Å². The summed E-state index contributed by atoms with van der Waals surface area (Å²) < 4.78 is 0. The van der Waals surface area contributed by atoms with Crippen LogP contribution in [-0.2, 0) is 4.79 Å². The van der Waals surface area contributed by atoms with Crippen molar-refractivity contribution in [1.29, 1.82) is 0 Å². The maximum absolute atomic E-state index is 10.9. The second kappa shape index (κ2) is 3.72. The first kappa shape index (κ1) is 8.76. The Kier molecular flexibility index (Phi) is 3.62. The van der Waals surface area contributed by atoms with Gasteiger partial charge in [0.1, 0.15) is 0 Å². The first-order valence-electron chi connectivity index (χ1n) is 2.82. The maximum atomic E-state index is 10.9. The monoisotopic (exact) mass is 144 g/mol. The summed E-state index contributed by atoms with van der Waals surface area (Å²) in [5, 5.41) is 0.176. The fourth-order valence-electron chi connectivity index (χ4n) is 0.357. The molecule has 9 heavy (non-hydrogen) atoms. The smallest absolute Gasteiger partial charge is 0.214 e. The summed E-state index contributed by atoms with van der Waals surface area (Å²) in [4.78, 5) is 10.9. The highest BCUT2D eigenvalue weighted by Crippen LogP contribution is 2.09. The molecule has 0 aliphatic heterocycles. The SMILES string of the molecule is CSC(=O)C(C)=C(C)C. The zero-order chi connectivity index (χ0) is 7.44. The van der Waals surface area contributed by atoms with Gasteiger partial charge in [0, 0.05) is 5.57 Å². The van der Waals surface area contributed by atoms with Crippen molar-refractivity contribution in [2.24, 2.45) is 0 Å². The summed E-state index contributed by atoms with van der Waals surface area (Å²) in [6.45, 7) is 5.75. The van der Waals surface area contributed by atoms with Crippen molar-refractivity contribution >= 4 is 16.9 Å². The van der Waals surface area contributed by atoms with Crippen LogP contribution in [-0.4, -0.2) is 11.4 Å². The molecule has 0 amide bonds. The number of hydrogen-bond donors (Lipinski definition) is 0. The lowest BCUT2D eigenvalue weighted by Crippen LogP contribution is -1.93. The quantitative estimate of drug-likeness (QED) is 0.525. The molecule has 0 heterocycles. The van der Waals surface area contributed by atoms with Gasteiger partial charge in [-0.2, -0.15) is 0 Å². The average Bonchev–Trinajstić information content (AvgIpc) is 1.84.